The SMILES string of the molecule is CC1CCC(Nc2nc(Cl)ccc2C(=O)O)C1C. The molecule has 0 saturated heterocycles. The summed E-state index contributed by atoms with van der Waals surface area (Å²) in [6, 6.07) is 3.25. The van der Waals surface area contributed by atoms with E-state index in [4.69, 9.17) is 16.7 Å². The van der Waals surface area contributed by atoms with Gasteiger partial charge in [0, 0.05) is 6.04 Å². The van der Waals surface area contributed by atoms with Gasteiger partial charge in [0.2, 0.25) is 0 Å². The van der Waals surface area contributed by atoms with Crippen LogP contribution in [0.25, 0.3) is 0 Å². The van der Waals surface area contributed by atoms with Crippen LogP contribution in [0.15, 0.2) is 12.1 Å². The second kappa shape index (κ2) is 5.14. The molecule has 3 atom stereocenters. The van der Waals surface area contributed by atoms with Gasteiger partial charge in [0.05, 0.1) is 0 Å². The van der Waals surface area contributed by atoms with Crippen LogP contribution in [0.3, 0.4) is 0 Å². The van der Waals surface area contributed by atoms with Crippen LogP contribution < -0.4 is 5.32 Å². The molecule has 1 aromatic heterocycles. The molecule has 1 aliphatic carbocycles. The van der Waals surface area contributed by atoms with Crippen molar-refractivity contribution < 1.29 is 9.90 Å². The van der Waals surface area contributed by atoms with Crippen LogP contribution in [0.4, 0.5) is 5.82 Å². The third kappa shape index (κ3) is 2.58. The maximum Gasteiger partial charge on any atom is 0.339 e. The summed E-state index contributed by atoms with van der Waals surface area (Å²) in [4.78, 5) is 15.2. The number of nitrogens with zero attached hydrogens (tertiary/aromatic N) is 1. The summed E-state index contributed by atoms with van der Waals surface area (Å²) in [6.07, 6.45) is 2.19. The van der Waals surface area contributed by atoms with E-state index in [-0.39, 0.29) is 11.6 Å². The predicted octanol–water partition coefficient (Wildman–Crippen LogP) is 3.28. The van der Waals surface area contributed by atoms with Crippen molar-refractivity contribution in [2.45, 2.75) is 32.7 Å². The van der Waals surface area contributed by atoms with Gasteiger partial charge in [-0.15, -0.1) is 0 Å². The van der Waals surface area contributed by atoms with Gasteiger partial charge in [0.25, 0.3) is 0 Å². The molecule has 4 nitrogen and oxygen atoms in total. The van der Waals surface area contributed by atoms with E-state index in [0.717, 1.165) is 12.8 Å². The summed E-state index contributed by atoms with van der Waals surface area (Å²) >= 11 is 5.83. The molecule has 1 saturated carbocycles. The fraction of sp³-hybridized carbons (Fsp3) is 0.538. The van der Waals surface area contributed by atoms with Gasteiger partial charge < -0.3 is 10.4 Å². The number of nitrogens with one attached hydrogen (secondary N) is 1. The first-order valence-electron chi connectivity index (χ1n) is 6.15. The number of carboxylic acids is 1. The smallest absolute Gasteiger partial charge is 0.339 e. The Morgan fingerprint density at radius 2 is 2.17 bits per heavy atom. The van der Waals surface area contributed by atoms with Crippen molar-refractivity contribution in [3.8, 4) is 0 Å². The second-order valence-electron chi connectivity index (χ2n) is 5.00. The third-order valence-electron chi connectivity index (χ3n) is 3.88. The number of anilines is 1. The van der Waals surface area contributed by atoms with Crippen LogP contribution >= 0.6 is 11.6 Å². The number of carbonyl (C=O) groups is 1. The predicted molar refractivity (Wildman–Crippen MR) is 71.2 cm³/mol. The van der Waals surface area contributed by atoms with Crippen LogP contribution in [0.5, 0.6) is 0 Å². The maximum atomic E-state index is 11.1. The normalized spacial score (nSPS) is 27.2. The van der Waals surface area contributed by atoms with Crippen molar-refractivity contribution in [3.05, 3.63) is 22.8 Å². The number of aromatic nitrogens is 1. The largest absolute Gasteiger partial charge is 0.478 e. The summed E-state index contributed by atoms with van der Waals surface area (Å²) in [5.74, 6) is 0.545. The molecule has 0 amide bonds. The van der Waals surface area contributed by atoms with Gasteiger partial charge in [0.15, 0.2) is 0 Å². The highest BCUT2D eigenvalue weighted by atomic mass is 35.5. The van der Waals surface area contributed by atoms with Gasteiger partial charge in [-0.2, -0.15) is 0 Å². The average molecular weight is 269 g/mol. The van der Waals surface area contributed by atoms with E-state index in [1.165, 1.54) is 12.1 Å². The molecule has 0 aliphatic heterocycles. The summed E-state index contributed by atoms with van der Waals surface area (Å²) < 4.78 is 0. The molecule has 0 bridgehead atoms. The first-order chi connectivity index (χ1) is 8.49. The number of carboxylic acid groups (broad SMARTS) is 1. The molecule has 1 aliphatic rings. The van der Waals surface area contributed by atoms with Crippen LogP contribution in [0, 0.1) is 11.8 Å². The summed E-state index contributed by atoms with van der Waals surface area (Å²) in [5, 5.41) is 12.7. The number of rotatable bonds is 3. The Hall–Kier alpha value is -1.29. The van der Waals surface area contributed by atoms with Crippen molar-refractivity contribution in [1.82, 2.24) is 4.98 Å². The molecule has 0 spiro atoms. The minimum Gasteiger partial charge on any atom is -0.478 e. The summed E-state index contributed by atoms with van der Waals surface area (Å²) in [7, 11) is 0. The summed E-state index contributed by atoms with van der Waals surface area (Å²) in [6.45, 7) is 4.40. The lowest BCUT2D eigenvalue weighted by Crippen LogP contribution is -2.25. The van der Waals surface area contributed by atoms with E-state index in [1.54, 1.807) is 0 Å². The zero-order valence-corrected chi connectivity index (χ0v) is 11.2. The standard InChI is InChI=1S/C13H17ClN2O2/c1-7-3-5-10(8(7)2)15-12-9(13(17)18)4-6-11(14)16-12/h4,6-8,10H,3,5H2,1-2H3,(H,15,16)(H,17,18). The van der Waals surface area contributed by atoms with E-state index < -0.39 is 5.97 Å². The Morgan fingerprint density at radius 3 is 2.72 bits per heavy atom. The molecular weight excluding hydrogens is 252 g/mol. The number of hydrogen-bond donors (Lipinski definition) is 2. The molecule has 0 aromatic carbocycles. The van der Waals surface area contributed by atoms with E-state index in [2.05, 4.69) is 24.1 Å². The lowest BCUT2D eigenvalue weighted by Gasteiger charge is -2.21. The quantitative estimate of drug-likeness (QED) is 0.826. The highest BCUT2D eigenvalue weighted by Gasteiger charge is 2.30. The summed E-state index contributed by atoms with van der Waals surface area (Å²) in [5.41, 5.74) is 0.172. The van der Waals surface area contributed by atoms with Crippen molar-refractivity contribution in [3.63, 3.8) is 0 Å². The Bertz CT molecular complexity index is 464. The highest BCUT2D eigenvalue weighted by Crippen LogP contribution is 2.33. The Kier molecular flexibility index (Phi) is 3.76. The van der Waals surface area contributed by atoms with Crippen LogP contribution in [-0.4, -0.2) is 22.1 Å². The molecule has 98 valence electrons. The monoisotopic (exact) mass is 268 g/mol. The Balaban J connectivity index is 2.23. The van der Waals surface area contributed by atoms with Crippen molar-refractivity contribution in [2.24, 2.45) is 11.8 Å². The van der Waals surface area contributed by atoms with Gasteiger partial charge in [0.1, 0.15) is 16.5 Å². The number of halogens is 1. The van der Waals surface area contributed by atoms with E-state index in [1.807, 2.05) is 0 Å². The van der Waals surface area contributed by atoms with E-state index >= 15 is 0 Å². The number of aromatic carboxylic acids is 1. The van der Waals surface area contributed by atoms with Crippen LogP contribution in [0.1, 0.15) is 37.0 Å². The molecule has 18 heavy (non-hydrogen) atoms. The molecular formula is C13H17ClN2O2. The van der Waals surface area contributed by atoms with Gasteiger partial charge in [-0.3, -0.25) is 0 Å². The zero-order valence-electron chi connectivity index (χ0n) is 10.5. The molecule has 3 unspecified atom stereocenters. The fourth-order valence-corrected chi connectivity index (χ4v) is 2.61. The third-order valence-corrected chi connectivity index (χ3v) is 4.09. The van der Waals surface area contributed by atoms with Gasteiger partial charge in [-0.25, -0.2) is 9.78 Å². The molecule has 1 fully saturated rings. The van der Waals surface area contributed by atoms with Crippen molar-refractivity contribution in [1.29, 1.82) is 0 Å². The first-order valence-corrected chi connectivity index (χ1v) is 6.53. The lowest BCUT2D eigenvalue weighted by atomic mass is 9.98. The van der Waals surface area contributed by atoms with Crippen LogP contribution in [-0.2, 0) is 0 Å². The molecule has 1 aromatic rings. The topological polar surface area (TPSA) is 62.2 Å². The van der Waals surface area contributed by atoms with Gasteiger partial charge in [-0.1, -0.05) is 25.4 Å². The minimum atomic E-state index is -0.986. The fourth-order valence-electron chi connectivity index (χ4n) is 2.46. The minimum absolute atomic E-state index is 0.172. The lowest BCUT2D eigenvalue weighted by molar-refractivity contribution is 0.0697. The second-order valence-corrected chi connectivity index (χ2v) is 5.39. The Morgan fingerprint density at radius 1 is 1.44 bits per heavy atom. The zero-order chi connectivity index (χ0) is 13.3. The van der Waals surface area contributed by atoms with Crippen molar-refractivity contribution >= 4 is 23.4 Å². The van der Waals surface area contributed by atoms with Gasteiger partial charge in [-0.05, 0) is 36.8 Å². The Labute approximate surface area is 111 Å². The molecule has 2 N–H and O–H groups in total. The van der Waals surface area contributed by atoms with Crippen molar-refractivity contribution in [2.75, 3.05) is 5.32 Å². The van der Waals surface area contributed by atoms with Crippen LogP contribution in [0.2, 0.25) is 5.15 Å². The average Bonchev–Trinajstić information content (AvgIpc) is 2.61. The molecule has 5 heteroatoms. The molecule has 2 rings (SSSR count). The number of pyridine rings is 1. The number of hydrogen-bond acceptors (Lipinski definition) is 3. The maximum absolute atomic E-state index is 11.1. The first kappa shape index (κ1) is 13.1. The highest BCUT2D eigenvalue weighted by molar-refractivity contribution is 6.29. The molecule has 1 heterocycles. The van der Waals surface area contributed by atoms with E-state index in [9.17, 15) is 4.79 Å². The van der Waals surface area contributed by atoms with Gasteiger partial charge >= 0.3 is 5.97 Å². The van der Waals surface area contributed by atoms with E-state index in [0.29, 0.717) is 22.8 Å². The molecule has 0 radical (unpaired) electrons.